The van der Waals surface area contributed by atoms with Gasteiger partial charge in [-0.05, 0) is 66.8 Å². The second-order valence-corrected chi connectivity index (χ2v) is 7.27. The Hall–Kier alpha value is -0.820. The van der Waals surface area contributed by atoms with E-state index in [0.29, 0.717) is 12.0 Å². The van der Waals surface area contributed by atoms with Gasteiger partial charge in [0.2, 0.25) is 0 Å². The maximum absolute atomic E-state index is 9.89. The topological polar surface area (TPSA) is 20.2 Å². The first kappa shape index (κ1) is 11.0. The fraction of sp³-hybridized carbons (Fsp3) is 0.647. The standard InChI is InChI=1S/C17H22O/c18-12-16-7-13-6-14(8-16)10-17(9-13,11-16)15-4-2-1-3-5-15/h1-5,13-14,18H,6-12H2/t13-,14+,16?,17?. The summed E-state index contributed by atoms with van der Waals surface area (Å²) in [6.45, 7) is 0.411. The van der Waals surface area contributed by atoms with E-state index in [1.54, 1.807) is 0 Å². The van der Waals surface area contributed by atoms with E-state index in [9.17, 15) is 5.11 Å². The number of benzene rings is 1. The van der Waals surface area contributed by atoms with Gasteiger partial charge in [-0.3, -0.25) is 0 Å². The van der Waals surface area contributed by atoms with E-state index in [0.717, 1.165) is 11.8 Å². The Kier molecular flexibility index (Phi) is 2.21. The number of hydrogen-bond donors (Lipinski definition) is 1. The fourth-order valence-electron chi connectivity index (χ4n) is 5.77. The van der Waals surface area contributed by atoms with Gasteiger partial charge in [0.25, 0.3) is 0 Å². The molecule has 1 nitrogen and oxygen atoms in total. The van der Waals surface area contributed by atoms with Crippen LogP contribution in [0.2, 0.25) is 0 Å². The molecule has 0 radical (unpaired) electrons. The van der Waals surface area contributed by atoms with E-state index >= 15 is 0 Å². The molecule has 4 saturated carbocycles. The van der Waals surface area contributed by atoms with E-state index in [4.69, 9.17) is 0 Å². The molecule has 1 heteroatoms. The van der Waals surface area contributed by atoms with Crippen LogP contribution in [0, 0.1) is 17.3 Å². The number of hydrogen-bond acceptors (Lipinski definition) is 1. The van der Waals surface area contributed by atoms with Gasteiger partial charge in [-0.1, -0.05) is 30.3 Å². The van der Waals surface area contributed by atoms with Gasteiger partial charge < -0.3 is 5.11 Å². The zero-order valence-corrected chi connectivity index (χ0v) is 10.9. The molecule has 4 bridgehead atoms. The molecule has 0 aliphatic heterocycles. The first-order valence-corrected chi connectivity index (χ1v) is 7.40. The highest BCUT2D eigenvalue weighted by Gasteiger charge is 2.57. The molecule has 4 aliphatic carbocycles. The van der Waals surface area contributed by atoms with Gasteiger partial charge in [0.05, 0.1) is 0 Å². The summed E-state index contributed by atoms with van der Waals surface area (Å²) in [5.74, 6) is 1.75. The van der Waals surface area contributed by atoms with Gasteiger partial charge in [-0.15, -0.1) is 0 Å². The van der Waals surface area contributed by atoms with Crippen LogP contribution in [0.5, 0.6) is 0 Å². The van der Waals surface area contributed by atoms with Crippen LogP contribution in [0.1, 0.15) is 44.1 Å². The van der Waals surface area contributed by atoms with E-state index in [1.807, 2.05) is 0 Å². The van der Waals surface area contributed by atoms with Crippen molar-refractivity contribution in [3.8, 4) is 0 Å². The lowest BCUT2D eigenvalue weighted by atomic mass is 9.43. The van der Waals surface area contributed by atoms with Crippen LogP contribution in [-0.4, -0.2) is 11.7 Å². The third kappa shape index (κ3) is 1.43. The molecule has 0 aromatic heterocycles. The van der Waals surface area contributed by atoms with Crippen LogP contribution in [-0.2, 0) is 5.41 Å². The molecule has 1 aromatic carbocycles. The molecule has 4 aliphatic rings. The third-order valence-electron chi connectivity index (χ3n) is 5.90. The Labute approximate surface area is 109 Å². The van der Waals surface area contributed by atoms with Crippen molar-refractivity contribution in [3.05, 3.63) is 35.9 Å². The molecule has 4 atom stereocenters. The molecule has 1 N–H and O–H groups in total. The lowest BCUT2D eigenvalue weighted by Gasteiger charge is -2.62. The normalized spacial score (nSPS) is 45.4. The minimum Gasteiger partial charge on any atom is -0.396 e. The Morgan fingerprint density at radius 1 is 1.00 bits per heavy atom. The van der Waals surface area contributed by atoms with E-state index in [2.05, 4.69) is 30.3 Å². The molecule has 18 heavy (non-hydrogen) atoms. The smallest absolute Gasteiger partial charge is 0.0487 e. The molecule has 0 amide bonds. The monoisotopic (exact) mass is 242 g/mol. The Bertz CT molecular complexity index is 436. The number of aliphatic hydroxyl groups excluding tert-OH is 1. The van der Waals surface area contributed by atoms with Crippen molar-refractivity contribution in [3.63, 3.8) is 0 Å². The molecule has 0 saturated heterocycles. The first-order valence-electron chi connectivity index (χ1n) is 7.40. The summed E-state index contributed by atoms with van der Waals surface area (Å²) in [5.41, 5.74) is 2.20. The predicted molar refractivity (Wildman–Crippen MR) is 72.3 cm³/mol. The molecule has 2 unspecified atom stereocenters. The van der Waals surface area contributed by atoms with E-state index < -0.39 is 0 Å². The maximum atomic E-state index is 9.89. The minimum absolute atomic E-state index is 0.264. The summed E-state index contributed by atoms with van der Waals surface area (Å²) < 4.78 is 0. The maximum Gasteiger partial charge on any atom is 0.0487 e. The molecule has 0 heterocycles. The summed E-state index contributed by atoms with van der Waals surface area (Å²) in [6.07, 6.45) is 7.97. The zero-order chi connectivity index (χ0) is 12.2. The Balaban J connectivity index is 1.78. The second-order valence-electron chi connectivity index (χ2n) is 7.27. The van der Waals surface area contributed by atoms with Crippen LogP contribution >= 0.6 is 0 Å². The highest BCUT2D eigenvalue weighted by molar-refractivity contribution is 5.30. The van der Waals surface area contributed by atoms with Crippen molar-refractivity contribution >= 4 is 0 Å². The van der Waals surface area contributed by atoms with E-state index in [-0.39, 0.29) is 5.41 Å². The van der Waals surface area contributed by atoms with Crippen molar-refractivity contribution in [2.75, 3.05) is 6.61 Å². The summed E-state index contributed by atoms with van der Waals surface area (Å²) >= 11 is 0. The van der Waals surface area contributed by atoms with Crippen molar-refractivity contribution < 1.29 is 5.11 Å². The van der Waals surface area contributed by atoms with Gasteiger partial charge in [0.15, 0.2) is 0 Å². The summed E-state index contributed by atoms with van der Waals surface area (Å²) in [4.78, 5) is 0. The first-order chi connectivity index (χ1) is 8.74. The van der Waals surface area contributed by atoms with Crippen LogP contribution in [0.4, 0.5) is 0 Å². The summed E-state index contributed by atoms with van der Waals surface area (Å²) in [5, 5.41) is 9.89. The summed E-state index contributed by atoms with van der Waals surface area (Å²) in [7, 11) is 0. The average Bonchev–Trinajstić information content (AvgIpc) is 2.38. The highest BCUT2D eigenvalue weighted by Crippen LogP contribution is 2.65. The lowest BCUT2D eigenvalue weighted by molar-refractivity contribution is -0.0960. The van der Waals surface area contributed by atoms with Crippen LogP contribution < -0.4 is 0 Å². The molecule has 5 rings (SSSR count). The Morgan fingerprint density at radius 2 is 1.67 bits per heavy atom. The van der Waals surface area contributed by atoms with Gasteiger partial charge in [-0.25, -0.2) is 0 Å². The third-order valence-corrected chi connectivity index (χ3v) is 5.90. The number of rotatable bonds is 2. The fourth-order valence-corrected chi connectivity index (χ4v) is 5.77. The van der Waals surface area contributed by atoms with Crippen LogP contribution in [0.25, 0.3) is 0 Å². The van der Waals surface area contributed by atoms with Crippen molar-refractivity contribution in [2.24, 2.45) is 17.3 Å². The molecule has 4 fully saturated rings. The largest absolute Gasteiger partial charge is 0.396 e. The molecular weight excluding hydrogens is 220 g/mol. The predicted octanol–water partition coefficient (Wildman–Crippen LogP) is 3.52. The number of aliphatic hydroxyl groups is 1. The van der Waals surface area contributed by atoms with Gasteiger partial charge in [-0.2, -0.15) is 0 Å². The van der Waals surface area contributed by atoms with Gasteiger partial charge >= 0.3 is 0 Å². The minimum atomic E-state index is 0.264. The van der Waals surface area contributed by atoms with Crippen molar-refractivity contribution in [1.29, 1.82) is 0 Å². The average molecular weight is 242 g/mol. The van der Waals surface area contributed by atoms with Crippen molar-refractivity contribution in [2.45, 2.75) is 43.9 Å². The summed E-state index contributed by atoms with van der Waals surface area (Å²) in [6, 6.07) is 11.1. The molecule has 96 valence electrons. The zero-order valence-electron chi connectivity index (χ0n) is 10.9. The molecular formula is C17H22O. The van der Waals surface area contributed by atoms with E-state index in [1.165, 1.54) is 44.1 Å². The SMILES string of the molecule is OCC12C[C@H]3C[C@@H](C1)CC(c1ccccc1)(C3)C2. The van der Waals surface area contributed by atoms with Gasteiger partial charge in [0.1, 0.15) is 0 Å². The Morgan fingerprint density at radius 3 is 2.28 bits per heavy atom. The van der Waals surface area contributed by atoms with Crippen LogP contribution in [0.3, 0.4) is 0 Å². The second kappa shape index (κ2) is 3.60. The van der Waals surface area contributed by atoms with Crippen molar-refractivity contribution in [1.82, 2.24) is 0 Å². The van der Waals surface area contributed by atoms with Gasteiger partial charge in [0, 0.05) is 6.61 Å². The van der Waals surface area contributed by atoms with Crippen LogP contribution in [0.15, 0.2) is 30.3 Å². The molecule has 0 spiro atoms. The molecule has 1 aromatic rings. The highest BCUT2D eigenvalue weighted by atomic mass is 16.3. The quantitative estimate of drug-likeness (QED) is 0.841. The lowest BCUT2D eigenvalue weighted by Crippen LogP contribution is -2.55.